The quantitative estimate of drug-likeness (QED) is 0.889. The highest BCUT2D eigenvalue weighted by molar-refractivity contribution is 7.90. The van der Waals surface area contributed by atoms with Gasteiger partial charge in [-0.3, -0.25) is 4.98 Å². The van der Waals surface area contributed by atoms with Gasteiger partial charge in [-0.1, -0.05) is 12.1 Å². The van der Waals surface area contributed by atoms with Crippen LogP contribution in [-0.2, 0) is 16.3 Å². The van der Waals surface area contributed by atoms with Gasteiger partial charge in [-0.15, -0.1) is 0 Å². The number of fused-ring (bicyclic) bond motifs is 1. The number of hydrogen-bond donors (Lipinski definition) is 1. The molecule has 1 atom stereocenters. The van der Waals surface area contributed by atoms with Gasteiger partial charge in [0.2, 0.25) is 0 Å². The number of rotatable bonds is 3. The topological polar surface area (TPSA) is 79.7 Å². The van der Waals surface area contributed by atoms with Crippen LogP contribution < -0.4 is 4.74 Å². The largest absolute Gasteiger partial charge is 0.488 e. The maximum atomic E-state index is 11.6. The van der Waals surface area contributed by atoms with Crippen molar-refractivity contribution >= 4 is 9.84 Å². The first-order valence-corrected chi connectivity index (χ1v) is 10.7. The molecule has 0 spiro atoms. The van der Waals surface area contributed by atoms with Gasteiger partial charge in [0.1, 0.15) is 11.9 Å². The second-order valence-corrected chi connectivity index (χ2v) is 9.14. The van der Waals surface area contributed by atoms with Crippen LogP contribution in [0.3, 0.4) is 0 Å². The summed E-state index contributed by atoms with van der Waals surface area (Å²) in [5.41, 5.74) is 2.84. The molecule has 138 valence electrons. The minimum Gasteiger partial charge on any atom is -0.488 e. The first kappa shape index (κ1) is 17.5. The molecule has 1 unspecified atom stereocenters. The lowest BCUT2D eigenvalue weighted by Crippen LogP contribution is -2.37. The van der Waals surface area contributed by atoms with E-state index in [9.17, 15) is 13.6 Å². The Kier molecular flexibility index (Phi) is 4.46. The minimum atomic E-state index is -3.20. The van der Waals surface area contributed by atoms with E-state index in [-0.39, 0.29) is 6.10 Å². The van der Waals surface area contributed by atoms with Gasteiger partial charge in [0.05, 0.1) is 16.8 Å². The summed E-state index contributed by atoms with van der Waals surface area (Å²) in [4.78, 5) is 4.79. The molecule has 1 fully saturated rings. The van der Waals surface area contributed by atoms with E-state index >= 15 is 0 Å². The molecule has 0 aliphatic carbocycles. The fourth-order valence-corrected chi connectivity index (χ4v) is 4.35. The maximum absolute atomic E-state index is 11.6. The standard InChI is InChI=1S/C19H22N2O4S/c1-26(23,24)16-4-2-13(3-5-16)17-10-15-11-18(25-19(15)12-20-17)14-6-8-21(22)9-7-14/h2-5,10,12,14,18,22H,6-9,11H2,1H3. The Bertz CT molecular complexity index is 904. The van der Waals surface area contributed by atoms with Gasteiger partial charge in [0, 0.05) is 36.9 Å². The fourth-order valence-electron chi connectivity index (χ4n) is 3.72. The molecule has 1 aromatic heterocycles. The molecule has 2 aromatic rings. The van der Waals surface area contributed by atoms with E-state index in [0.717, 1.165) is 41.8 Å². The van der Waals surface area contributed by atoms with Crippen molar-refractivity contribution in [2.24, 2.45) is 5.92 Å². The van der Waals surface area contributed by atoms with E-state index in [1.807, 2.05) is 6.07 Å². The molecular formula is C19H22N2O4S. The fraction of sp³-hybridized carbons (Fsp3) is 0.421. The maximum Gasteiger partial charge on any atom is 0.175 e. The van der Waals surface area contributed by atoms with E-state index in [0.29, 0.717) is 23.9 Å². The zero-order valence-corrected chi connectivity index (χ0v) is 15.4. The van der Waals surface area contributed by atoms with Gasteiger partial charge < -0.3 is 9.94 Å². The van der Waals surface area contributed by atoms with Gasteiger partial charge >= 0.3 is 0 Å². The van der Waals surface area contributed by atoms with Gasteiger partial charge in [0.25, 0.3) is 0 Å². The van der Waals surface area contributed by atoms with Crippen molar-refractivity contribution < 1.29 is 18.4 Å². The molecule has 1 saturated heterocycles. The van der Waals surface area contributed by atoms with E-state index in [2.05, 4.69) is 4.98 Å². The molecule has 7 heteroatoms. The molecule has 26 heavy (non-hydrogen) atoms. The minimum absolute atomic E-state index is 0.142. The van der Waals surface area contributed by atoms with Crippen molar-refractivity contribution in [3.63, 3.8) is 0 Å². The molecule has 3 heterocycles. The van der Waals surface area contributed by atoms with E-state index in [1.165, 1.54) is 11.3 Å². The molecular weight excluding hydrogens is 352 g/mol. The number of ether oxygens (including phenoxy) is 1. The average molecular weight is 374 g/mol. The summed E-state index contributed by atoms with van der Waals surface area (Å²) in [5.74, 6) is 1.28. The van der Waals surface area contributed by atoms with Crippen molar-refractivity contribution in [2.45, 2.75) is 30.3 Å². The molecule has 0 amide bonds. The van der Waals surface area contributed by atoms with Crippen LogP contribution in [0.4, 0.5) is 0 Å². The van der Waals surface area contributed by atoms with Gasteiger partial charge in [0.15, 0.2) is 9.84 Å². The van der Waals surface area contributed by atoms with Crippen LogP contribution in [0.25, 0.3) is 11.3 Å². The van der Waals surface area contributed by atoms with Crippen LogP contribution in [0.1, 0.15) is 18.4 Å². The third-order valence-corrected chi connectivity index (χ3v) is 6.40. The lowest BCUT2D eigenvalue weighted by atomic mass is 9.89. The zero-order valence-electron chi connectivity index (χ0n) is 14.6. The lowest BCUT2D eigenvalue weighted by molar-refractivity contribution is -0.118. The highest BCUT2D eigenvalue weighted by atomic mass is 32.2. The summed E-state index contributed by atoms with van der Waals surface area (Å²) >= 11 is 0. The molecule has 0 radical (unpaired) electrons. The summed E-state index contributed by atoms with van der Waals surface area (Å²) in [6, 6.07) is 8.83. The summed E-state index contributed by atoms with van der Waals surface area (Å²) in [7, 11) is -3.20. The van der Waals surface area contributed by atoms with Crippen molar-refractivity contribution in [1.82, 2.24) is 10.0 Å². The summed E-state index contributed by atoms with van der Waals surface area (Å²) < 4.78 is 29.3. The molecule has 0 bridgehead atoms. The molecule has 2 aliphatic heterocycles. The number of hydroxylamine groups is 2. The predicted molar refractivity (Wildman–Crippen MR) is 97.0 cm³/mol. The average Bonchev–Trinajstić information content (AvgIpc) is 3.05. The van der Waals surface area contributed by atoms with Crippen molar-refractivity contribution in [3.8, 4) is 17.0 Å². The summed E-state index contributed by atoms with van der Waals surface area (Å²) in [5, 5.41) is 10.9. The Morgan fingerprint density at radius 1 is 1.19 bits per heavy atom. The van der Waals surface area contributed by atoms with Crippen molar-refractivity contribution in [1.29, 1.82) is 0 Å². The Morgan fingerprint density at radius 2 is 1.88 bits per heavy atom. The van der Waals surface area contributed by atoms with Gasteiger partial charge in [-0.25, -0.2) is 8.42 Å². The Hall–Kier alpha value is -1.96. The van der Waals surface area contributed by atoms with Crippen LogP contribution in [0.2, 0.25) is 0 Å². The highest BCUT2D eigenvalue weighted by Crippen LogP contribution is 2.36. The predicted octanol–water partition coefficient (Wildman–Crippen LogP) is 2.56. The molecule has 1 aromatic carbocycles. The monoisotopic (exact) mass is 374 g/mol. The highest BCUT2D eigenvalue weighted by Gasteiger charge is 2.33. The van der Waals surface area contributed by atoms with Crippen molar-refractivity contribution in [3.05, 3.63) is 42.1 Å². The van der Waals surface area contributed by atoms with Crippen LogP contribution in [0.5, 0.6) is 5.75 Å². The number of pyridine rings is 1. The van der Waals surface area contributed by atoms with Gasteiger partial charge in [-0.2, -0.15) is 5.06 Å². The molecule has 6 nitrogen and oxygen atoms in total. The third kappa shape index (κ3) is 3.47. The Morgan fingerprint density at radius 3 is 2.54 bits per heavy atom. The van der Waals surface area contributed by atoms with E-state index in [1.54, 1.807) is 30.5 Å². The van der Waals surface area contributed by atoms with Crippen molar-refractivity contribution in [2.75, 3.05) is 19.3 Å². The number of nitrogens with zero attached hydrogens (tertiary/aromatic N) is 2. The number of hydrogen-bond acceptors (Lipinski definition) is 6. The smallest absolute Gasteiger partial charge is 0.175 e. The number of piperidine rings is 1. The SMILES string of the molecule is CS(=O)(=O)c1ccc(-c2cc3c(cn2)OC(C2CCN(O)CC2)C3)cc1. The second kappa shape index (κ2) is 6.64. The first-order chi connectivity index (χ1) is 12.4. The van der Waals surface area contributed by atoms with Crippen LogP contribution in [-0.4, -0.2) is 49.1 Å². The van der Waals surface area contributed by atoms with E-state index < -0.39 is 9.84 Å². The Labute approximate surface area is 153 Å². The van der Waals surface area contributed by atoms with Crippen LogP contribution in [0, 0.1) is 5.92 Å². The number of sulfone groups is 1. The number of aromatic nitrogens is 1. The first-order valence-electron chi connectivity index (χ1n) is 8.80. The number of benzene rings is 1. The van der Waals surface area contributed by atoms with Crippen LogP contribution in [0.15, 0.2) is 41.4 Å². The zero-order chi connectivity index (χ0) is 18.3. The summed E-state index contributed by atoms with van der Waals surface area (Å²) in [6.07, 6.45) is 5.82. The third-order valence-electron chi connectivity index (χ3n) is 5.27. The Balaban J connectivity index is 1.52. The van der Waals surface area contributed by atoms with Gasteiger partial charge in [-0.05, 0) is 37.0 Å². The second-order valence-electron chi connectivity index (χ2n) is 7.13. The normalized spacial score (nSPS) is 21.4. The van der Waals surface area contributed by atoms with E-state index in [4.69, 9.17) is 4.74 Å². The lowest BCUT2D eigenvalue weighted by Gasteiger charge is -2.30. The molecule has 2 aliphatic rings. The summed E-state index contributed by atoms with van der Waals surface area (Å²) in [6.45, 7) is 1.38. The molecule has 1 N–H and O–H groups in total. The van der Waals surface area contributed by atoms with Crippen LogP contribution >= 0.6 is 0 Å². The molecule has 0 saturated carbocycles. The molecule has 4 rings (SSSR count).